The number of hydrogen-bond acceptors (Lipinski definition) is 3. The quantitative estimate of drug-likeness (QED) is 0.482. The van der Waals surface area contributed by atoms with Gasteiger partial charge in [-0.25, -0.2) is 9.82 Å². The molecule has 0 aromatic heterocycles. The summed E-state index contributed by atoms with van der Waals surface area (Å²) in [6.45, 7) is 1.78. The lowest BCUT2D eigenvalue weighted by atomic mass is 10.1. The Kier molecular flexibility index (Phi) is 5.26. The average molecular weight is 390 g/mol. The Bertz CT molecular complexity index is 1000. The highest BCUT2D eigenvalue weighted by Crippen LogP contribution is 2.49. The molecular weight excluding hydrogens is 371 g/mol. The van der Waals surface area contributed by atoms with Gasteiger partial charge < -0.3 is 0 Å². The van der Waals surface area contributed by atoms with Crippen LogP contribution in [0.2, 0.25) is 0 Å². The first-order valence-corrected chi connectivity index (χ1v) is 10.1. The van der Waals surface area contributed by atoms with E-state index in [1.807, 2.05) is 24.3 Å². The highest BCUT2D eigenvalue weighted by atomic mass is 32.2. The van der Waals surface area contributed by atoms with E-state index in [0.29, 0.717) is 11.5 Å². The van der Waals surface area contributed by atoms with E-state index >= 15 is 0 Å². The minimum Gasteiger partial charge on any atom is -0.272 e. The molecule has 0 saturated heterocycles. The Morgan fingerprint density at radius 1 is 0.964 bits per heavy atom. The highest BCUT2D eigenvalue weighted by molar-refractivity contribution is 8.00. The van der Waals surface area contributed by atoms with Crippen LogP contribution in [-0.4, -0.2) is 17.4 Å². The third-order valence-corrected chi connectivity index (χ3v) is 6.04. The fourth-order valence-electron chi connectivity index (χ4n) is 3.38. The van der Waals surface area contributed by atoms with Gasteiger partial charge in [0, 0.05) is 0 Å². The summed E-state index contributed by atoms with van der Waals surface area (Å²) in [5.41, 5.74) is 8.97. The van der Waals surface area contributed by atoms with Gasteiger partial charge in [0.15, 0.2) is 0 Å². The monoisotopic (exact) mass is 390 g/mol. The molecule has 1 N–H and O–H groups in total. The van der Waals surface area contributed by atoms with Crippen LogP contribution in [0, 0.1) is 5.82 Å². The average Bonchev–Trinajstić information content (AvgIpc) is 3.05. The van der Waals surface area contributed by atoms with Crippen LogP contribution in [0.5, 0.6) is 0 Å². The number of halogens is 1. The number of carbonyl (C=O) groups is 1. The third-order valence-electron chi connectivity index (χ3n) is 4.77. The summed E-state index contributed by atoms with van der Waals surface area (Å²) in [5, 5.41) is 4.28. The number of nitrogens with one attached hydrogen (secondary N) is 1. The van der Waals surface area contributed by atoms with E-state index in [1.54, 1.807) is 30.8 Å². The van der Waals surface area contributed by atoms with Crippen LogP contribution in [0.15, 0.2) is 77.9 Å². The van der Waals surface area contributed by atoms with Crippen molar-refractivity contribution in [3.8, 4) is 11.1 Å². The van der Waals surface area contributed by atoms with Gasteiger partial charge in [0.2, 0.25) is 5.91 Å². The predicted molar refractivity (Wildman–Crippen MR) is 113 cm³/mol. The second-order valence-electron chi connectivity index (χ2n) is 6.60. The molecular formula is C23H19FN2OS. The maximum absolute atomic E-state index is 13.0. The molecule has 0 radical (unpaired) electrons. The van der Waals surface area contributed by atoms with Crippen LogP contribution < -0.4 is 5.43 Å². The maximum Gasteiger partial charge on any atom is 0.250 e. The molecule has 3 aromatic carbocycles. The van der Waals surface area contributed by atoms with Gasteiger partial charge in [-0.05, 0) is 46.9 Å². The lowest BCUT2D eigenvalue weighted by Crippen LogP contribution is -2.21. The zero-order valence-electron chi connectivity index (χ0n) is 15.4. The first-order valence-electron chi connectivity index (χ1n) is 9.02. The fourth-order valence-corrected chi connectivity index (χ4v) is 4.53. The number of rotatable bonds is 5. The number of amides is 1. The molecule has 28 heavy (non-hydrogen) atoms. The number of thioether (sulfide) groups is 1. The Morgan fingerprint density at radius 2 is 1.54 bits per heavy atom. The normalized spacial score (nSPS) is 13.1. The topological polar surface area (TPSA) is 41.5 Å². The van der Waals surface area contributed by atoms with E-state index in [9.17, 15) is 9.18 Å². The molecule has 3 aromatic rings. The minimum absolute atomic E-state index is 0.139. The van der Waals surface area contributed by atoms with Crippen molar-refractivity contribution in [1.82, 2.24) is 5.43 Å². The number of carbonyl (C=O) groups excluding carboxylic acids is 1. The first-order chi connectivity index (χ1) is 13.6. The van der Waals surface area contributed by atoms with Gasteiger partial charge in [0.05, 0.1) is 16.7 Å². The summed E-state index contributed by atoms with van der Waals surface area (Å²) >= 11 is 1.60. The zero-order valence-corrected chi connectivity index (χ0v) is 16.2. The summed E-state index contributed by atoms with van der Waals surface area (Å²) < 4.78 is 13.0. The van der Waals surface area contributed by atoms with Gasteiger partial charge in [-0.15, -0.1) is 11.8 Å². The molecule has 0 fully saturated rings. The van der Waals surface area contributed by atoms with E-state index < -0.39 is 0 Å². The van der Waals surface area contributed by atoms with Gasteiger partial charge in [-0.2, -0.15) is 5.10 Å². The molecule has 0 bridgehead atoms. The van der Waals surface area contributed by atoms with Crippen molar-refractivity contribution in [2.75, 3.05) is 5.75 Å². The molecule has 0 saturated carbocycles. The summed E-state index contributed by atoms with van der Waals surface area (Å²) in [6, 6.07) is 22.7. The van der Waals surface area contributed by atoms with Crippen LogP contribution >= 0.6 is 11.8 Å². The molecule has 0 unspecified atom stereocenters. The molecule has 0 atom stereocenters. The van der Waals surface area contributed by atoms with Crippen molar-refractivity contribution in [2.45, 2.75) is 12.2 Å². The summed E-state index contributed by atoms with van der Waals surface area (Å²) in [5.74, 6) is -0.157. The predicted octanol–water partition coefficient (Wildman–Crippen LogP) is 5.17. The fraction of sp³-hybridized carbons (Fsp3) is 0.130. The summed E-state index contributed by atoms with van der Waals surface area (Å²) in [4.78, 5) is 12.3. The van der Waals surface area contributed by atoms with Crippen molar-refractivity contribution in [3.05, 3.63) is 95.3 Å². The van der Waals surface area contributed by atoms with Crippen molar-refractivity contribution in [2.24, 2.45) is 5.10 Å². The molecule has 0 spiro atoms. The molecule has 3 nitrogen and oxygen atoms in total. The third kappa shape index (κ3) is 3.71. The molecule has 1 aliphatic rings. The van der Waals surface area contributed by atoms with Crippen molar-refractivity contribution in [1.29, 1.82) is 0 Å². The Hall–Kier alpha value is -2.92. The second kappa shape index (κ2) is 7.98. The minimum atomic E-state index is -0.297. The highest BCUT2D eigenvalue weighted by Gasteiger charge is 2.28. The van der Waals surface area contributed by atoms with Gasteiger partial charge in [0.1, 0.15) is 5.82 Å². The molecule has 0 heterocycles. The molecule has 140 valence electrons. The smallest absolute Gasteiger partial charge is 0.250 e. The summed E-state index contributed by atoms with van der Waals surface area (Å²) in [7, 11) is 0. The van der Waals surface area contributed by atoms with Crippen molar-refractivity contribution < 1.29 is 9.18 Å². The van der Waals surface area contributed by atoms with Gasteiger partial charge >= 0.3 is 0 Å². The lowest BCUT2D eigenvalue weighted by Gasteiger charge is -2.12. The van der Waals surface area contributed by atoms with Crippen LogP contribution in [-0.2, 0) is 4.79 Å². The van der Waals surface area contributed by atoms with Crippen molar-refractivity contribution in [3.63, 3.8) is 0 Å². The van der Waals surface area contributed by atoms with Crippen LogP contribution in [0.1, 0.15) is 28.9 Å². The van der Waals surface area contributed by atoms with Gasteiger partial charge in [-0.3, -0.25) is 4.79 Å². The standard InChI is InChI=1S/C23H19FN2OS/c1-15(16-10-12-17(24)13-11-16)25-26-22(27)14-28-23-20-8-4-2-6-18(20)19-7-3-5-9-21(19)23/h2-13,23H,14H2,1H3,(H,26,27)/b25-15+. The number of benzene rings is 3. The Morgan fingerprint density at radius 3 is 2.14 bits per heavy atom. The molecule has 4 rings (SSSR count). The summed E-state index contributed by atoms with van der Waals surface area (Å²) in [6.07, 6.45) is 0. The SMILES string of the molecule is C/C(=N\NC(=O)CSC1c2ccccc2-c2ccccc21)c1ccc(F)cc1. The molecule has 0 aliphatic heterocycles. The zero-order chi connectivity index (χ0) is 19.5. The second-order valence-corrected chi connectivity index (χ2v) is 7.70. The Balaban J connectivity index is 1.42. The van der Waals surface area contributed by atoms with Crippen LogP contribution in [0.4, 0.5) is 4.39 Å². The number of nitrogens with zero attached hydrogens (tertiary/aromatic N) is 1. The van der Waals surface area contributed by atoms with E-state index in [1.165, 1.54) is 34.4 Å². The van der Waals surface area contributed by atoms with Gasteiger partial charge in [-0.1, -0.05) is 60.7 Å². The molecule has 1 aliphatic carbocycles. The van der Waals surface area contributed by atoms with E-state index in [2.05, 4.69) is 34.8 Å². The van der Waals surface area contributed by atoms with Gasteiger partial charge in [0.25, 0.3) is 0 Å². The lowest BCUT2D eigenvalue weighted by molar-refractivity contribution is -0.118. The number of fused-ring (bicyclic) bond motifs is 3. The first kappa shape index (κ1) is 18.4. The molecule has 5 heteroatoms. The van der Waals surface area contributed by atoms with E-state index in [-0.39, 0.29) is 17.0 Å². The Labute approximate surface area is 167 Å². The van der Waals surface area contributed by atoms with Crippen LogP contribution in [0.25, 0.3) is 11.1 Å². The number of hydrazone groups is 1. The van der Waals surface area contributed by atoms with Crippen molar-refractivity contribution >= 4 is 23.4 Å². The van der Waals surface area contributed by atoms with E-state index in [4.69, 9.17) is 0 Å². The number of hydrogen-bond donors (Lipinski definition) is 1. The van der Waals surface area contributed by atoms with Crippen LogP contribution in [0.3, 0.4) is 0 Å². The maximum atomic E-state index is 13.0. The largest absolute Gasteiger partial charge is 0.272 e. The molecule has 1 amide bonds. The van der Waals surface area contributed by atoms with E-state index in [0.717, 1.165) is 5.56 Å².